The predicted octanol–water partition coefficient (Wildman–Crippen LogP) is 0.779. The number of carbonyl (C=O) groups is 1. The van der Waals surface area contributed by atoms with E-state index in [1.807, 2.05) is 0 Å². The summed E-state index contributed by atoms with van der Waals surface area (Å²) in [5.41, 5.74) is 0. The molecular formula is C8H12O4. The van der Waals surface area contributed by atoms with Crippen molar-refractivity contribution in [3.05, 3.63) is 12.2 Å². The Balaban J connectivity index is 2.43. The van der Waals surface area contributed by atoms with Crippen molar-refractivity contribution in [2.75, 3.05) is 6.61 Å². The second-order valence-corrected chi connectivity index (χ2v) is 3.06. The average molecular weight is 172 g/mol. The lowest BCUT2D eigenvalue weighted by atomic mass is 10.3. The van der Waals surface area contributed by atoms with Gasteiger partial charge < -0.3 is 14.6 Å². The molecular weight excluding hydrogens is 160 g/mol. The molecule has 1 heterocycles. The maximum atomic E-state index is 10.1. The molecule has 0 saturated carbocycles. The highest BCUT2D eigenvalue weighted by molar-refractivity contribution is 5.79. The van der Waals surface area contributed by atoms with Crippen LogP contribution in [0.2, 0.25) is 0 Å². The number of rotatable bonds is 2. The molecule has 0 unspecified atom stereocenters. The first-order valence-electron chi connectivity index (χ1n) is 3.72. The highest BCUT2D eigenvalue weighted by Gasteiger charge is 2.30. The van der Waals surface area contributed by atoms with Gasteiger partial charge in [-0.25, -0.2) is 4.79 Å². The van der Waals surface area contributed by atoms with Crippen molar-refractivity contribution in [3.63, 3.8) is 0 Å². The molecule has 4 heteroatoms. The zero-order valence-electron chi connectivity index (χ0n) is 7.11. The van der Waals surface area contributed by atoms with E-state index < -0.39 is 11.8 Å². The summed E-state index contributed by atoms with van der Waals surface area (Å²) in [6, 6.07) is 0. The van der Waals surface area contributed by atoms with Gasteiger partial charge in [0, 0.05) is 6.08 Å². The molecule has 0 spiro atoms. The Bertz CT molecular complexity index is 207. The number of carboxylic acid groups (broad SMARTS) is 1. The van der Waals surface area contributed by atoms with E-state index in [9.17, 15) is 4.79 Å². The summed E-state index contributed by atoms with van der Waals surface area (Å²) in [7, 11) is 0. The summed E-state index contributed by atoms with van der Waals surface area (Å²) in [6.45, 7) is 4.00. The van der Waals surface area contributed by atoms with Gasteiger partial charge in [0.1, 0.15) is 6.10 Å². The minimum Gasteiger partial charge on any atom is -0.478 e. The van der Waals surface area contributed by atoms with Crippen molar-refractivity contribution < 1.29 is 19.4 Å². The lowest BCUT2D eigenvalue weighted by Crippen LogP contribution is -2.20. The van der Waals surface area contributed by atoms with E-state index in [-0.39, 0.29) is 6.10 Å². The van der Waals surface area contributed by atoms with Gasteiger partial charge >= 0.3 is 5.97 Å². The molecule has 0 aromatic rings. The van der Waals surface area contributed by atoms with Crippen LogP contribution in [0.1, 0.15) is 13.8 Å². The second-order valence-electron chi connectivity index (χ2n) is 3.06. The molecule has 0 aromatic carbocycles. The Morgan fingerprint density at radius 2 is 2.33 bits per heavy atom. The van der Waals surface area contributed by atoms with Crippen LogP contribution in [0, 0.1) is 0 Å². The minimum atomic E-state index is -0.969. The SMILES string of the molecule is CC1(C)OC[C@@H](/C=C/C(=O)O)O1. The summed E-state index contributed by atoms with van der Waals surface area (Å²) >= 11 is 0. The van der Waals surface area contributed by atoms with Gasteiger partial charge in [0.25, 0.3) is 0 Å². The van der Waals surface area contributed by atoms with Crippen LogP contribution in [-0.2, 0) is 14.3 Å². The zero-order valence-corrected chi connectivity index (χ0v) is 7.11. The molecule has 0 amide bonds. The third-order valence-corrected chi connectivity index (χ3v) is 1.48. The van der Waals surface area contributed by atoms with Crippen LogP contribution in [0.4, 0.5) is 0 Å². The molecule has 68 valence electrons. The number of aliphatic carboxylic acids is 1. The molecule has 1 rings (SSSR count). The van der Waals surface area contributed by atoms with Gasteiger partial charge in [0.2, 0.25) is 0 Å². The topological polar surface area (TPSA) is 55.8 Å². The van der Waals surface area contributed by atoms with Crippen molar-refractivity contribution in [1.29, 1.82) is 0 Å². The fourth-order valence-corrected chi connectivity index (χ4v) is 1.000. The first kappa shape index (κ1) is 9.22. The fourth-order valence-electron chi connectivity index (χ4n) is 1.000. The number of carboxylic acids is 1. The molecule has 4 nitrogen and oxygen atoms in total. The smallest absolute Gasteiger partial charge is 0.328 e. The third-order valence-electron chi connectivity index (χ3n) is 1.48. The first-order valence-corrected chi connectivity index (χ1v) is 3.72. The van der Waals surface area contributed by atoms with Crippen molar-refractivity contribution in [3.8, 4) is 0 Å². The van der Waals surface area contributed by atoms with Crippen LogP contribution in [0.25, 0.3) is 0 Å². The lowest BCUT2D eigenvalue weighted by molar-refractivity contribution is -0.134. The quantitative estimate of drug-likeness (QED) is 0.625. The van der Waals surface area contributed by atoms with Gasteiger partial charge in [-0.3, -0.25) is 0 Å². The van der Waals surface area contributed by atoms with Crippen LogP contribution in [0.5, 0.6) is 0 Å². The van der Waals surface area contributed by atoms with Crippen molar-refractivity contribution in [1.82, 2.24) is 0 Å². The van der Waals surface area contributed by atoms with Crippen LogP contribution >= 0.6 is 0 Å². The molecule has 0 radical (unpaired) electrons. The highest BCUT2D eigenvalue weighted by atomic mass is 16.7. The van der Waals surface area contributed by atoms with E-state index in [0.29, 0.717) is 6.61 Å². The molecule has 1 N–H and O–H groups in total. The summed E-state index contributed by atoms with van der Waals surface area (Å²) in [6.07, 6.45) is 2.31. The zero-order chi connectivity index (χ0) is 9.19. The van der Waals surface area contributed by atoms with Crippen molar-refractivity contribution in [2.24, 2.45) is 0 Å². The maximum absolute atomic E-state index is 10.1. The summed E-state index contributed by atoms with van der Waals surface area (Å²) in [5, 5.41) is 8.32. The largest absolute Gasteiger partial charge is 0.478 e. The monoisotopic (exact) mass is 172 g/mol. The van der Waals surface area contributed by atoms with Crippen molar-refractivity contribution in [2.45, 2.75) is 25.7 Å². The van der Waals surface area contributed by atoms with Gasteiger partial charge in [-0.05, 0) is 19.9 Å². The highest BCUT2D eigenvalue weighted by Crippen LogP contribution is 2.22. The summed E-state index contributed by atoms with van der Waals surface area (Å²) < 4.78 is 10.5. The van der Waals surface area contributed by atoms with Crippen LogP contribution in [0.15, 0.2) is 12.2 Å². The van der Waals surface area contributed by atoms with E-state index in [4.69, 9.17) is 14.6 Å². The second kappa shape index (κ2) is 3.25. The van der Waals surface area contributed by atoms with Gasteiger partial charge in [-0.1, -0.05) is 0 Å². The molecule has 0 aliphatic carbocycles. The van der Waals surface area contributed by atoms with E-state index >= 15 is 0 Å². The number of hydrogen-bond acceptors (Lipinski definition) is 3. The Morgan fingerprint density at radius 1 is 1.67 bits per heavy atom. The molecule has 1 aliphatic rings. The standard InChI is InChI=1S/C8H12O4/c1-8(2)11-5-6(12-8)3-4-7(9)10/h3-4,6H,5H2,1-2H3,(H,9,10)/b4-3+/t6-/m1/s1. The average Bonchev–Trinajstić information content (AvgIpc) is 2.26. The Labute approximate surface area is 70.8 Å². The normalized spacial score (nSPS) is 28.0. The lowest BCUT2D eigenvalue weighted by Gasteiger charge is -2.15. The van der Waals surface area contributed by atoms with Crippen molar-refractivity contribution >= 4 is 5.97 Å². The number of ether oxygens (including phenoxy) is 2. The molecule has 1 aliphatic heterocycles. The van der Waals surface area contributed by atoms with E-state index in [0.717, 1.165) is 6.08 Å². The molecule has 1 atom stereocenters. The summed E-state index contributed by atoms with van der Waals surface area (Å²) in [5.74, 6) is -1.56. The van der Waals surface area contributed by atoms with E-state index in [1.54, 1.807) is 13.8 Å². The van der Waals surface area contributed by atoms with Crippen LogP contribution in [-0.4, -0.2) is 29.6 Å². The predicted molar refractivity (Wildman–Crippen MR) is 41.7 cm³/mol. The third kappa shape index (κ3) is 2.64. The molecule has 1 fully saturated rings. The Morgan fingerprint density at radius 3 is 2.75 bits per heavy atom. The van der Waals surface area contributed by atoms with Crippen LogP contribution in [0.3, 0.4) is 0 Å². The van der Waals surface area contributed by atoms with Gasteiger partial charge in [0.15, 0.2) is 5.79 Å². The van der Waals surface area contributed by atoms with E-state index in [2.05, 4.69) is 0 Å². The Kier molecular flexibility index (Phi) is 2.49. The Hall–Kier alpha value is -0.870. The van der Waals surface area contributed by atoms with Gasteiger partial charge in [-0.2, -0.15) is 0 Å². The molecule has 12 heavy (non-hydrogen) atoms. The molecule has 1 saturated heterocycles. The maximum Gasteiger partial charge on any atom is 0.328 e. The van der Waals surface area contributed by atoms with E-state index in [1.165, 1.54) is 6.08 Å². The number of hydrogen-bond donors (Lipinski definition) is 1. The van der Waals surface area contributed by atoms with Gasteiger partial charge in [0.05, 0.1) is 6.61 Å². The molecule has 0 aromatic heterocycles. The molecule has 0 bridgehead atoms. The minimum absolute atomic E-state index is 0.240. The van der Waals surface area contributed by atoms with Gasteiger partial charge in [-0.15, -0.1) is 0 Å². The fraction of sp³-hybridized carbons (Fsp3) is 0.625. The first-order chi connectivity index (χ1) is 5.49. The summed E-state index contributed by atoms with van der Waals surface area (Å²) in [4.78, 5) is 10.1. The van der Waals surface area contributed by atoms with Crippen LogP contribution < -0.4 is 0 Å².